The second-order valence-corrected chi connectivity index (χ2v) is 7.36. The second kappa shape index (κ2) is 5.44. The molecular weight excluding hydrogens is 276 g/mol. The molecule has 1 saturated carbocycles. The minimum atomic E-state index is -3.39. The monoisotopic (exact) mass is 296 g/mol. The number of hydrogen-bond acceptors (Lipinski definition) is 4. The lowest BCUT2D eigenvalue weighted by molar-refractivity contribution is -0.114. The molecule has 1 aromatic carbocycles. The highest BCUT2D eigenvalue weighted by atomic mass is 32.2. The first-order valence-electron chi connectivity index (χ1n) is 6.98. The quantitative estimate of drug-likeness (QED) is 0.853. The van der Waals surface area contributed by atoms with E-state index in [0.717, 1.165) is 18.4 Å². The van der Waals surface area contributed by atoms with Crippen LogP contribution in [0.25, 0.3) is 0 Å². The standard InChI is InChI=1S/C14H20N2O3S/c15-12-11-7-4-8-19-14(11)13(12)16-20(17,18)9-10-5-2-1-3-6-10/h1-3,5-6,11-14,16H,4,7-9,15H2. The molecule has 0 radical (unpaired) electrons. The summed E-state index contributed by atoms with van der Waals surface area (Å²) >= 11 is 0. The Morgan fingerprint density at radius 2 is 2.05 bits per heavy atom. The van der Waals surface area contributed by atoms with Crippen LogP contribution in [0.4, 0.5) is 0 Å². The molecule has 0 aromatic heterocycles. The van der Waals surface area contributed by atoms with Crippen LogP contribution in [-0.4, -0.2) is 33.2 Å². The molecule has 2 aliphatic rings. The summed E-state index contributed by atoms with van der Waals surface area (Å²) in [5, 5.41) is 0. The van der Waals surface area contributed by atoms with Crippen molar-refractivity contribution in [3.63, 3.8) is 0 Å². The largest absolute Gasteiger partial charge is 0.376 e. The summed E-state index contributed by atoms with van der Waals surface area (Å²) in [7, 11) is -3.39. The Kier molecular flexibility index (Phi) is 3.81. The van der Waals surface area contributed by atoms with E-state index in [-0.39, 0.29) is 23.9 Å². The summed E-state index contributed by atoms with van der Waals surface area (Å²) in [5.41, 5.74) is 6.84. The van der Waals surface area contributed by atoms with E-state index >= 15 is 0 Å². The van der Waals surface area contributed by atoms with E-state index in [4.69, 9.17) is 10.5 Å². The van der Waals surface area contributed by atoms with Crippen LogP contribution in [0, 0.1) is 5.92 Å². The molecule has 1 saturated heterocycles. The zero-order valence-electron chi connectivity index (χ0n) is 11.2. The molecule has 4 atom stereocenters. The summed E-state index contributed by atoms with van der Waals surface area (Å²) in [4.78, 5) is 0. The van der Waals surface area contributed by atoms with Gasteiger partial charge in [-0.1, -0.05) is 30.3 Å². The van der Waals surface area contributed by atoms with E-state index in [1.807, 2.05) is 18.2 Å². The lowest BCUT2D eigenvalue weighted by atomic mass is 9.69. The lowest BCUT2D eigenvalue weighted by Crippen LogP contribution is -2.72. The molecule has 1 aliphatic carbocycles. The smallest absolute Gasteiger partial charge is 0.216 e. The van der Waals surface area contributed by atoms with Crippen LogP contribution in [0.3, 0.4) is 0 Å². The van der Waals surface area contributed by atoms with Gasteiger partial charge in [-0.05, 0) is 18.4 Å². The molecular formula is C14H20N2O3S. The van der Waals surface area contributed by atoms with Gasteiger partial charge in [-0.2, -0.15) is 0 Å². The normalized spacial score (nSPS) is 33.2. The maximum absolute atomic E-state index is 12.2. The number of ether oxygens (including phenoxy) is 1. The summed E-state index contributed by atoms with van der Waals surface area (Å²) in [5.74, 6) is 0.280. The predicted molar refractivity (Wildman–Crippen MR) is 76.4 cm³/mol. The van der Waals surface area contributed by atoms with Crippen LogP contribution >= 0.6 is 0 Å². The van der Waals surface area contributed by atoms with Crippen molar-refractivity contribution in [3.8, 4) is 0 Å². The Morgan fingerprint density at radius 3 is 2.80 bits per heavy atom. The third kappa shape index (κ3) is 2.74. The Balaban J connectivity index is 1.65. The summed E-state index contributed by atoms with van der Waals surface area (Å²) < 4.78 is 32.8. The number of nitrogens with one attached hydrogen (secondary N) is 1. The minimum absolute atomic E-state index is 0.0194. The zero-order valence-corrected chi connectivity index (χ0v) is 12.1. The van der Waals surface area contributed by atoms with Gasteiger partial charge >= 0.3 is 0 Å². The summed E-state index contributed by atoms with van der Waals surface area (Å²) in [6.45, 7) is 0.699. The molecule has 0 spiro atoms. The number of benzene rings is 1. The molecule has 1 aliphatic heterocycles. The molecule has 3 rings (SSSR count). The topological polar surface area (TPSA) is 81.4 Å². The summed E-state index contributed by atoms with van der Waals surface area (Å²) in [6.07, 6.45) is 1.99. The van der Waals surface area contributed by atoms with E-state index in [1.165, 1.54) is 0 Å². The molecule has 4 unspecified atom stereocenters. The first kappa shape index (κ1) is 14.0. The predicted octanol–water partition coefficient (Wildman–Crippen LogP) is 0.611. The van der Waals surface area contributed by atoms with Gasteiger partial charge in [0.25, 0.3) is 0 Å². The van der Waals surface area contributed by atoms with Crippen LogP contribution < -0.4 is 10.5 Å². The third-order valence-electron chi connectivity index (χ3n) is 4.19. The Labute approximate surface area is 119 Å². The number of hydrogen-bond donors (Lipinski definition) is 2. The molecule has 20 heavy (non-hydrogen) atoms. The number of sulfonamides is 1. The molecule has 2 fully saturated rings. The average Bonchev–Trinajstić information content (AvgIpc) is 2.45. The van der Waals surface area contributed by atoms with Crippen molar-refractivity contribution in [2.75, 3.05) is 6.61 Å². The Morgan fingerprint density at radius 1 is 1.30 bits per heavy atom. The van der Waals surface area contributed by atoms with Gasteiger partial charge in [0.1, 0.15) is 0 Å². The minimum Gasteiger partial charge on any atom is -0.376 e. The van der Waals surface area contributed by atoms with Crippen molar-refractivity contribution >= 4 is 10.0 Å². The van der Waals surface area contributed by atoms with E-state index in [9.17, 15) is 8.42 Å². The van der Waals surface area contributed by atoms with Crippen LogP contribution in [-0.2, 0) is 20.5 Å². The molecule has 110 valence electrons. The highest BCUT2D eigenvalue weighted by Gasteiger charge is 2.51. The van der Waals surface area contributed by atoms with Crippen molar-refractivity contribution in [1.82, 2.24) is 4.72 Å². The average molecular weight is 296 g/mol. The van der Waals surface area contributed by atoms with Gasteiger partial charge in [-0.3, -0.25) is 0 Å². The van der Waals surface area contributed by atoms with Crippen LogP contribution in [0.2, 0.25) is 0 Å². The van der Waals surface area contributed by atoms with Crippen molar-refractivity contribution in [2.24, 2.45) is 11.7 Å². The summed E-state index contributed by atoms with van der Waals surface area (Å²) in [6, 6.07) is 8.73. The van der Waals surface area contributed by atoms with Gasteiger partial charge in [0.05, 0.1) is 17.9 Å². The fraction of sp³-hybridized carbons (Fsp3) is 0.571. The maximum atomic E-state index is 12.2. The fourth-order valence-corrected chi connectivity index (χ4v) is 4.56. The van der Waals surface area contributed by atoms with Crippen molar-refractivity contribution in [1.29, 1.82) is 0 Å². The second-order valence-electron chi connectivity index (χ2n) is 5.61. The first-order chi connectivity index (χ1) is 9.57. The van der Waals surface area contributed by atoms with Crippen molar-refractivity contribution < 1.29 is 13.2 Å². The molecule has 6 heteroatoms. The zero-order chi connectivity index (χ0) is 14.2. The SMILES string of the molecule is NC1C2CCCOC2C1NS(=O)(=O)Cc1ccccc1. The van der Waals surface area contributed by atoms with Gasteiger partial charge < -0.3 is 10.5 Å². The third-order valence-corrected chi connectivity index (χ3v) is 5.54. The maximum Gasteiger partial charge on any atom is 0.216 e. The van der Waals surface area contributed by atoms with E-state index < -0.39 is 10.0 Å². The molecule has 1 aromatic rings. The van der Waals surface area contributed by atoms with E-state index in [2.05, 4.69) is 4.72 Å². The lowest BCUT2D eigenvalue weighted by Gasteiger charge is -2.52. The van der Waals surface area contributed by atoms with Crippen LogP contribution in [0.1, 0.15) is 18.4 Å². The first-order valence-corrected chi connectivity index (χ1v) is 8.63. The van der Waals surface area contributed by atoms with Gasteiger partial charge in [-0.25, -0.2) is 13.1 Å². The van der Waals surface area contributed by atoms with Gasteiger partial charge in [0, 0.05) is 18.6 Å². The Bertz CT molecular complexity index is 561. The van der Waals surface area contributed by atoms with Gasteiger partial charge in [0.15, 0.2) is 0 Å². The van der Waals surface area contributed by atoms with Gasteiger partial charge in [0.2, 0.25) is 10.0 Å². The highest BCUT2D eigenvalue weighted by molar-refractivity contribution is 7.88. The molecule has 1 heterocycles. The van der Waals surface area contributed by atoms with E-state index in [0.29, 0.717) is 12.5 Å². The molecule has 0 amide bonds. The number of rotatable bonds is 4. The molecule has 3 N–H and O–H groups in total. The molecule has 0 bridgehead atoms. The Hall–Kier alpha value is -0.950. The fourth-order valence-electron chi connectivity index (χ4n) is 3.14. The van der Waals surface area contributed by atoms with Crippen molar-refractivity contribution in [3.05, 3.63) is 35.9 Å². The number of fused-ring (bicyclic) bond motifs is 1. The van der Waals surface area contributed by atoms with Crippen LogP contribution in [0.5, 0.6) is 0 Å². The number of nitrogens with two attached hydrogens (primary N) is 1. The van der Waals surface area contributed by atoms with Crippen LogP contribution in [0.15, 0.2) is 30.3 Å². The highest BCUT2D eigenvalue weighted by Crippen LogP contribution is 2.37. The van der Waals surface area contributed by atoms with Crippen molar-refractivity contribution in [2.45, 2.75) is 36.8 Å². The van der Waals surface area contributed by atoms with Gasteiger partial charge in [-0.15, -0.1) is 0 Å². The molecule has 5 nitrogen and oxygen atoms in total. The van der Waals surface area contributed by atoms with E-state index in [1.54, 1.807) is 12.1 Å².